The lowest BCUT2D eigenvalue weighted by Crippen LogP contribution is -2.52. The minimum atomic E-state index is -1.28. The van der Waals surface area contributed by atoms with E-state index in [9.17, 15) is 20.1 Å². The number of likely N-dealkylation sites (N-methyl/N-ethyl adjacent to an activating group) is 1. The highest BCUT2D eigenvalue weighted by molar-refractivity contribution is 7.99. The van der Waals surface area contributed by atoms with E-state index >= 15 is 0 Å². The summed E-state index contributed by atoms with van der Waals surface area (Å²) in [6, 6.07) is 13.7. The predicted molar refractivity (Wildman–Crippen MR) is 154 cm³/mol. The molecule has 0 aromatic heterocycles. The first-order valence-corrected chi connectivity index (χ1v) is 14.4. The maximum Gasteiger partial charge on any atom is 0.220 e. The van der Waals surface area contributed by atoms with Gasteiger partial charge in [-0.2, -0.15) is 0 Å². The molecule has 0 unspecified atom stereocenters. The fourth-order valence-corrected chi connectivity index (χ4v) is 5.10. The van der Waals surface area contributed by atoms with E-state index in [0.717, 1.165) is 28.0 Å². The fraction of sp³-hybridized carbons (Fsp3) is 0.500. The molecular formula is C30H40N2O6S. The summed E-state index contributed by atoms with van der Waals surface area (Å²) in [6.07, 6.45) is 4.39. The van der Waals surface area contributed by atoms with Crippen LogP contribution in [0.1, 0.15) is 41.2 Å². The van der Waals surface area contributed by atoms with Crippen LogP contribution in [0.3, 0.4) is 0 Å². The quantitative estimate of drug-likeness (QED) is 0.220. The summed E-state index contributed by atoms with van der Waals surface area (Å²) >= 11 is 1.30. The third kappa shape index (κ3) is 8.97. The van der Waals surface area contributed by atoms with Gasteiger partial charge in [-0.15, -0.1) is 18.2 Å². The van der Waals surface area contributed by atoms with Gasteiger partial charge in [0.05, 0.1) is 13.2 Å². The molecule has 1 amide bonds. The first kappa shape index (κ1) is 31.0. The van der Waals surface area contributed by atoms with Crippen molar-refractivity contribution in [2.45, 2.75) is 56.0 Å². The molecule has 0 radical (unpaired) electrons. The van der Waals surface area contributed by atoms with Crippen molar-refractivity contribution in [3.05, 3.63) is 64.7 Å². The van der Waals surface area contributed by atoms with Gasteiger partial charge < -0.3 is 30.1 Å². The van der Waals surface area contributed by atoms with E-state index in [2.05, 4.69) is 11.2 Å². The molecule has 4 N–H and O–H groups in total. The monoisotopic (exact) mass is 556 g/mol. The molecule has 0 bridgehead atoms. The Morgan fingerprint density at radius 2 is 1.90 bits per heavy atom. The Morgan fingerprint density at radius 3 is 2.59 bits per heavy atom. The van der Waals surface area contributed by atoms with Crippen molar-refractivity contribution in [3.63, 3.8) is 0 Å². The highest BCUT2D eigenvalue weighted by Crippen LogP contribution is 2.36. The van der Waals surface area contributed by atoms with Gasteiger partial charge in [-0.05, 0) is 67.5 Å². The average Bonchev–Trinajstić information content (AvgIpc) is 2.92. The van der Waals surface area contributed by atoms with Gasteiger partial charge >= 0.3 is 0 Å². The van der Waals surface area contributed by atoms with E-state index in [1.54, 1.807) is 6.26 Å². The molecular weight excluding hydrogens is 516 g/mol. The number of aliphatic hydroxyl groups is 3. The number of aliphatic hydroxyl groups excluding tert-OH is 3. The number of hydrogen-bond donors (Lipinski definition) is 4. The van der Waals surface area contributed by atoms with Crippen LogP contribution in [-0.2, 0) is 16.0 Å². The Kier molecular flexibility index (Phi) is 12.1. The van der Waals surface area contributed by atoms with Gasteiger partial charge in [0.25, 0.3) is 0 Å². The van der Waals surface area contributed by atoms with Crippen LogP contribution in [-0.4, -0.2) is 89.4 Å². The number of terminal acetylenes is 1. The number of aryl methyl sites for hydroxylation is 1. The molecule has 0 spiro atoms. The average molecular weight is 557 g/mol. The molecule has 39 heavy (non-hydrogen) atoms. The van der Waals surface area contributed by atoms with Crippen molar-refractivity contribution in [2.75, 3.05) is 39.5 Å². The van der Waals surface area contributed by atoms with Gasteiger partial charge in [0.1, 0.15) is 35.6 Å². The van der Waals surface area contributed by atoms with Crippen LogP contribution < -0.4 is 10.1 Å². The normalized spacial score (nSPS) is 22.9. The van der Waals surface area contributed by atoms with Gasteiger partial charge in [-0.1, -0.05) is 36.3 Å². The van der Waals surface area contributed by atoms with Crippen molar-refractivity contribution < 1.29 is 29.6 Å². The highest BCUT2D eigenvalue weighted by Gasteiger charge is 2.44. The second kappa shape index (κ2) is 15.3. The minimum Gasteiger partial charge on any atom is -0.494 e. The van der Waals surface area contributed by atoms with Gasteiger partial charge in [-0.3, -0.25) is 9.69 Å². The molecule has 2 aromatic rings. The Morgan fingerprint density at radius 1 is 1.15 bits per heavy atom. The zero-order valence-corrected chi connectivity index (χ0v) is 23.7. The molecule has 1 aliphatic rings. The van der Waals surface area contributed by atoms with E-state index < -0.39 is 29.9 Å². The zero-order valence-electron chi connectivity index (χ0n) is 22.9. The van der Waals surface area contributed by atoms with Crippen LogP contribution >= 0.6 is 11.8 Å². The predicted octanol–water partition coefficient (Wildman–Crippen LogP) is 2.27. The number of rotatable bonds is 13. The maximum atomic E-state index is 12.0. The number of ether oxygens (including phenoxy) is 2. The first-order valence-electron chi connectivity index (χ1n) is 13.2. The lowest BCUT2D eigenvalue weighted by Gasteiger charge is -2.40. The van der Waals surface area contributed by atoms with E-state index in [4.69, 9.17) is 15.9 Å². The smallest absolute Gasteiger partial charge is 0.220 e. The van der Waals surface area contributed by atoms with Crippen molar-refractivity contribution in [2.24, 2.45) is 0 Å². The summed E-state index contributed by atoms with van der Waals surface area (Å²) in [6.45, 7) is 4.32. The van der Waals surface area contributed by atoms with Crippen LogP contribution in [0.25, 0.3) is 0 Å². The summed E-state index contributed by atoms with van der Waals surface area (Å²) in [5, 5.41) is 33.9. The lowest BCUT2D eigenvalue weighted by molar-refractivity contribution is -0.200. The van der Waals surface area contributed by atoms with Crippen molar-refractivity contribution in [3.8, 4) is 18.1 Å². The third-order valence-corrected chi connectivity index (χ3v) is 7.67. The SMILES string of the molecule is C#CCN(C)CCNC(=O)CCCOc1ccc(Cc2cc([C@@H]3O[C@H](SC)[C@@H](O)[C@H](O)[C@H]3O)ccc2C)cc1. The molecule has 1 saturated heterocycles. The largest absolute Gasteiger partial charge is 0.494 e. The lowest BCUT2D eigenvalue weighted by atomic mass is 9.91. The van der Waals surface area contributed by atoms with Gasteiger partial charge in [0, 0.05) is 19.5 Å². The molecule has 5 atom stereocenters. The standard InChI is InChI=1S/C30H40N2O6S/c1-5-15-32(3)16-14-31-25(33)7-6-17-37-24-12-9-21(10-13-24)18-23-19-22(11-8-20(23)2)29-27(35)26(34)28(36)30(38-29)39-4/h1,8-13,19,26-30,34-36H,6-7,14-18H2,2-4H3,(H,31,33)/t26-,27-,28+,29+,30-/m1/s1. The number of nitrogens with zero attached hydrogens (tertiary/aromatic N) is 1. The highest BCUT2D eigenvalue weighted by atomic mass is 32.2. The van der Waals surface area contributed by atoms with Gasteiger partial charge in [0.15, 0.2) is 0 Å². The molecule has 8 nitrogen and oxygen atoms in total. The maximum absolute atomic E-state index is 12.0. The molecule has 212 valence electrons. The van der Waals surface area contributed by atoms with E-state index in [1.807, 2.05) is 61.3 Å². The summed E-state index contributed by atoms with van der Waals surface area (Å²) < 4.78 is 11.7. The number of thioether (sulfide) groups is 1. The van der Waals surface area contributed by atoms with E-state index in [0.29, 0.717) is 45.5 Å². The van der Waals surface area contributed by atoms with Crippen LogP contribution in [0.2, 0.25) is 0 Å². The molecule has 9 heteroatoms. The van der Waals surface area contributed by atoms with Crippen LogP contribution in [0.4, 0.5) is 0 Å². The molecule has 0 aliphatic carbocycles. The summed E-state index contributed by atoms with van der Waals surface area (Å²) in [5.74, 6) is 3.32. The number of nitrogens with one attached hydrogen (secondary N) is 1. The summed E-state index contributed by atoms with van der Waals surface area (Å²) in [5.41, 5.74) is 3.42. The first-order chi connectivity index (χ1) is 18.7. The Hall–Kier alpha value is -2.58. The molecule has 1 aliphatic heterocycles. The third-order valence-electron chi connectivity index (χ3n) is 6.82. The molecule has 0 saturated carbocycles. The molecule has 1 heterocycles. The van der Waals surface area contributed by atoms with E-state index in [-0.39, 0.29) is 5.91 Å². The number of benzene rings is 2. The van der Waals surface area contributed by atoms with Crippen LogP contribution in [0.15, 0.2) is 42.5 Å². The fourth-order valence-electron chi connectivity index (χ4n) is 4.43. The van der Waals surface area contributed by atoms with Crippen molar-refractivity contribution in [1.82, 2.24) is 10.2 Å². The topological polar surface area (TPSA) is 111 Å². The molecule has 2 aromatic carbocycles. The second-order valence-corrected chi connectivity index (χ2v) is 10.8. The number of hydrogen-bond acceptors (Lipinski definition) is 8. The van der Waals surface area contributed by atoms with Gasteiger partial charge in [0.2, 0.25) is 5.91 Å². The molecule has 1 fully saturated rings. The van der Waals surface area contributed by atoms with Crippen molar-refractivity contribution >= 4 is 17.7 Å². The summed E-state index contributed by atoms with van der Waals surface area (Å²) in [4.78, 5) is 13.9. The van der Waals surface area contributed by atoms with Crippen LogP contribution in [0.5, 0.6) is 5.75 Å². The van der Waals surface area contributed by atoms with E-state index in [1.165, 1.54) is 11.8 Å². The molecule has 3 rings (SSSR count). The Balaban J connectivity index is 1.49. The number of amides is 1. The summed E-state index contributed by atoms with van der Waals surface area (Å²) in [7, 11) is 1.92. The number of carbonyl (C=O) groups excluding carboxylic acids is 1. The zero-order chi connectivity index (χ0) is 28.4. The van der Waals surface area contributed by atoms with Crippen molar-refractivity contribution in [1.29, 1.82) is 0 Å². The second-order valence-electron chi connectivity index (χ2n) is 9.88. The van der Waals surface area contributed by atoms with Crippen LogP contribution in [0, 0.1) is 19.3 Å². The van der Waals surface area contributed by atoms with Gasteiger partial charge in [-0.25, -0.2) is 0 Å². The Bertz CT molecular complexity index is 1100. The minimum absolute atomic E-state index is 0.00135. The number of carbonyl (C=O) groups is 1. The Labute approximate surface area is 235 Å².